The normalized spacial score (nSPS) is 12.1. The summed E-state index contributed by atoms with van der Waals surface area (Å²) in [5.74, 6) is 20.0. The van der Waals surface area contributed by atoms with Gasteiger partial charge in [-0.1, -0.05) is 71.9 Å². The van der Waals surface area contributed by atoms with Crippen molar-refractivity contribution in [2.75, 3.05) is 32.9 Å². The first kappa shape index (κ1) is 50.9. The van der Waals surface area contributed by atoms with Gasteiger partial charge < -0.3 is 40.3 Å². The Balaban J connectivity index is 1.50. The molecule has 0 aliphatic heterocycles. The van der Waals surface area contributed by atoms with Crippen LogP contribution in [0.1, 0.15) is 132 Å². The van der Waals surface area contributed by atoms with E-state index in [1.165, 1.54) is 0 Å². The SMILES string of the molecule is CC(C)(CN)OCCC(C)(C)OCc1ccc(C#Cc2cc(C#Cc3ccc(COC(C)(C)CO)cc3)cc(C#Cc3ccc(COC(C)(C)COC(C)(C)CCN)cc3)c2)cc1. The molecule has 0 saturated heterocycles. The average Bonchev–Trinajstić information content (AvgIpc) is 3.25. The lowest BCUT2D eigenvalue weighted by molar-refractivity contribution is -0.126. The maximum Gasteiger partial charge on any atom is 0.0863 e. The van der Waals surface area contributed by atoms with E-state index >= 15 is 0 Å². The summed E-state index contributed by atoms with van der Waals surface area (Å²) in [6.07, 6.45) is 1.54. The smallest absolute Gasteiger partial charge is 0.0863 e. The number of rotatable bonds is 20. The zero-order valence-electron chi connectivity index (χ0n) is 39.4. The van der Waals surface area contributed by atoms with Crippen molar-refractivity contribution in [2.24, 2.45) is 11.5 Å². The van der Waals surface area contributed by atoms with Crippen LogP contribution in [0.25, 0.3) is 0 Å². The number of aliphatic hydroxyl groups excluding tert-OH is 1. The molecular weight excluding hydrogens is 785 g/mol. The molecule has 8 heteroatoms. The predicted octanol–water partition coefficient (Wildman–Crippen LogP) is 9.05. The summed E-state index contributed by atoms with van der Waals surface area (Å²) < 4.78 is 30.4. The van der Waals surface area contributed by atoms with Crippen LogP contribution in [-0.2, 0) is 43.5 Å². The Bertz CT molecular complexity index is 2240. The van der Waals surface area contributed by atoms with Crippen LogP contribution in [-0.4, -0.2) is 66.0 Å². The molecule has 4 rings (SSSR count). The maximum absolute atomic E-state index is 9.52. The standard InChI is InChI=1S/C55H70N2O6/c1-51(2,29-31-56)63-41-55(9,10)62-38-47-24-15-44(16-25-47)19-28-50-34-48(33-49(35-50)27-18-43-13-22-46(23-14-43)37-61-54(7,8)40-58)26-17-42-11-20-45(21-12-42)36-60-52(3,4)30-32-59-53(5,6)39-57/h11-16,20-25,33-35,58H,29-32,36-41,56-57H2,1-10H3. The quantitative estimate of drug-likeness (QED) is 0.0755. The third kappa shape index (κ3) is 19.3. The highest BCUT2D eigenvalue weighted by atomic mass is 16.6. The number of hydrogen-bond acceptors (Lipinski definition) is 8. The van der Waals surface area contributed by atoms with Crippen LogP contribution < -0.4 is 11.5 Å². The van der Waals surface area contributed by atoms with E-state index in [-0.39, 0.29) is 23.4 Å². The Morgan fingerprint density at radius 3 is 1.13 bits per heavy atom. The summed E-state index contributed by atoms with van der Waals surface area (Å²) in [4.78, 5) is 0. The van der Waals surface area contributed by atoms with Gasteiger partial charge in [-0.05, 0) is 160 Å². The summed E-state index contributed by atoms with van der Waals surface area (Å²) >= 11 is 0. The number of aliphatic hydroxyl groups is 1. The van der Waals surface area contributed by atoms with Crippen molar-refractivity contribution in [1.82, 2.24) is 0 Å². The van der Waals surface area contributed by atoms with Crippen molar-refractivity contribution in [3.8, 4) is 35.5 Å². The molecule has 336 valence electrons. The van der Waals surface area contributed by atoms with Crippen LogP contribution >= 0.6 is 0 Å². The Labute approximate surface area is 378 Å². The van der Waals surface area contributed by atoms with E-state index in [2.05, 4.69) is 75.4 Å². The van der Waals surface area contributed by atoms with Crippen molar-refractivity contribution in [3.63, 3.8) is 0 Å². The van der Waals surface area contributed by atoms with Gasteiger partial charge in [-0.25, -0.2) is 0 Å². The van der Waals surface area contributed by atoms with Gasteiger partial charge in [-0.3, -0.25) is 0 Å². The van der Waals surface area contributed by atoms with Crippen LogP contribution in [0.15, 0.2) is 91.0 Å². The highest BCUT2D eigenvalue weighted by Gasteiger charge is 2.25. The lowest BCUT2D eigenvalue weighted by Crippen LogP contribution is -2.37. The van der Waals surface area contributed by atoms with Crippen molar-refractivity contribution in [3.05, 3.63) is 141 Å². The van der Waals surface area contributed by atoms with Crippen molar-refractivity contribution in [2.45, 2.75) is 130 Å². The zero-order chi connectivity index (χ0) is 46.2. The van der Waals surface area contributed by atoms with Gasteiger partial charge in [0.25, 0.3) is 0 Å². The number of hydrogen-bond donors (Lipinski definition) is 3. The largest absolute Gasteiger partial charge is 0.393 e. The van der Waals surface area contributed by atoms with Crippen LogP contribution in [0.3, 0.4) is 0 Å². The molecule has 0 fully saturated rings. The molecule has 0 atom stereocenters. The molecule has 8 nitrogen and oxygen atoms in total. The van der Waals surface area contributed by atoms with E-state index in [0.29, 0.717) is 46.1 Å². The first-order valence-corrected chi connectivity index (χ1v) is 21.9. The third-order valence-electron chi connectivity index (χ3n) is 10.4. The van der Waals surface area contributed by atoms with Gasteiger partial charge in [0.2, 0.25) is 0 Å². The lowest BCUT2D eigenvalue weighted by Gasteiger charge is -2.32. The molecule has 0 aliphatic carbocycles. The summed E-state index contributed by atoms with van der Waals surface area (Å²) in [7, 11) is 0. The maximum atomic E-state index is 9.52. The molecule has 0 bridgehead atoms. The number of nitrogens with two attached hydrogens (primary N) is 2. The van der Waals surface area contributed by atoms with E-state index in [4.69, 9.17) is 35.2 Å². The van der Waals surface area contributed by atoms with Gasteiger partial charge in [0.15, 0.2) is 0 Å². The minimum absolute atomic E-state index is 0.0498. The van der Waals surface area contributed by atoms with Crippen molar-refractivity contribution < 1.29 is 28.8 Å². The van der Waals surface area contributed by atoms with E-state index in [9.17, 15) is 5.11 Å². The minimum Gasteiger partial charge on any atom is -0.393 e. The molecule has 4 aromatic carbocycles. The fourth-order valence-corrected chi connectivity index (χ4v) is 5.75. The second-order valence-corrected chi connectivity index (χ2v) is 19.1. The van der Waals surface area contributed by atoms with Gasteiger partial charge in [-0.2, -0.15) is 0 Å². The molecule has 0 radical (unpaired) electrons. The molecule has 63 heavy (non-hydrogen) atoms. The average molecular weight is 855 g/mol. The van der Waals surface area contributed by atoms with Crippen LogP contribution in [0.4, 0.5) is 0 Å². The molecule has 4 aromatic rings. The van der Waals surface area contributed by atoms with Crippen molar-refractivity contribution >= 4 is 0 Å². The van der Waals surface area contributed by atoms with E-state index in [1.54, 1.807) is 0 Å². The lowest BCUT2D eigenvalue weighted by atomic mass is 10.0. The summed E-state index contributed by atoms with van der Waals surface area (Å²) in [5, 5.41) is 9.52. The third-order valence-corrected chi connectivity index (χ3v) is 10.4. The molecule has 5 N–H and O–H groups in total. The monoisotopic (exact) mass is 855 g/mol. The van der Waals surface area contributed by atoms with E-state index in [0.717, 1.165) is 62.9 Å². The molecular formula is C55H70N2O6. The Kier molecular flexibility index (Phi) is 18.8. The summed E-state index contributed by atoms with van der Waals surface area (Å²) in [5.41, 5.74) is 17.7. The minimum atomic E-state index is -0.601. The molecule has 0 spiro atoms. The molecule has 0 unspecified atom stereocenters. The first-order valence-electron chi connectivity index (χ1n) is 21.9. The Morgan fingerprint density at radius 2 is 0.762 bits per heavy atom. The van der Waals surface area contributed by atoms with Crippen LogP contribution in [0, 0.1) is 35.5 Å². The first-order chi connectivity index (χ1) is 29.7. The Morgan fingerprint density at radius 1 is 0.413 bits per heavy atom. The number of ether oxygens (including phenoxy) is 5. The Hall–Kier alpha value is -4.76. The van der Waals surface area contributed by atoms with Gasteiger partial charge >= 0.3 is 0 Å². The van der Waals surface area contributed by atoms with Gasteiger partial charge in [0, 0.05) is 39.9 Å². The van der Waals surface area contributed by atoms with Gasteiger partial charge in [-0.15, -0.1) is 0 Å². The molecule has 0 saturated carbocycles. The highest BCUT2D eigenvalue weighted by molar-refractivity contribution is 5.55. The van der Waals surface area contributed by atoms with Crippen molar-refractivity contribution in [1.29, 1.82) is 0 Å². The second kappa shape index (κ2) is 23.3. The predicted molar refractivity (Wildman–Crippen MR) is 255 cm³/mol. The zero-order valence-corrected chi connectivity index (χ0v) is 39.4. The number of benzene rings is 4. The molecule has 0 aliphatic rings. The fourth-order valence-electron chi connectivity index (χ4n) is 5.75. The summed E-state index contributed by atoms with van der Waals surface area (Å²) in [6, 6.07) is 30.2. The molecule has 0 heterocycles. The topological polar surface area (TPSA) is 118 Å². The van der Waals surface area contributed by atoms with Crippen LogP contribution in [0.2, 0.25) is 0 Å². The second-order valence-electron chi connectivity index (χ2n) is 19.1. The van der Waals surface area contributed by atoms with E-state index < -0.39 is 11.2 Å². The molecule has 0 amide bonds. The van der Waals surface area contributed by atoms with Gasteiger partial charge in [0.05, 0.1) is 67.6 Å². The fraction of sp³-hybridized carbons (Fsp3) is 0.455. The summed E-state index contributed by atoms with van der Waals surface area (Å²) in [6.45, 7) is 23.5. The van der Waals surface area contributed by atoms with Gasteiger partial charge in [0.1, 0.15) is 0 Å². The van der Waals surface area contributed by atoms with Crippen LogP contribution in [0.5, 0.6) is 0 Å². The van der Waals surface area contributed by atoms with E-state index in [1.807, 2.05) is 120 Å². The molecule has 0 aromatic heterocycles. The highest BCUT2D eigenvalue weighted by Crippen LogP contribution is 2.22.